The van der Waals surface area contributed by atoms with Crippen LogP contribution in [0, 0.1) is 13.8 Å². The van der Waals surface area contributed by atoms with Gasteiger partial charge in [0.1, 0.15) is 5.82 Å². The fraction of sp³-hybridized carbons (Fsp3) is 0.231. The summed E-state index contributed by atoms with van der Waals surface area (Å²) in [6.07, 6.45) is 3.40. The molecule has 0 fully saturated rings. The van der Waals surface area contributed by atoms with Crippen LogP contribution in [-0.2, 0) is 0 Å². The molecular formula is C13H16N4. The van der Waals surface area contributed by atoms with Crippen LogP contribution >= 0.6 is 0 Å². The van der Waals surface area contributed by atoms with E-state index in [0.29, 0.717) is 0 Å². The molecule has 1 heterocycles. The van der Waals surface area contributed by atoms with E-state index in [1.54, 1.807) is 12.4 Å². The third-order valence-corrected chi connectivity index (χ3v) is 2.54. The number of nitrogens with zero attached hydrogens (tertiary/aromatic N) is 2. The highest BCUT2D eigenvalue weighted by Crippen LogP contribution is 2.20. The zero-order chi connectivity index (χ0) is 12.3. The van der Waals surface area contributed by atoms with Gasteiger partial charge < -0.3 is 10.6 Å². The molecule has 2 N–H and O–H groups in total. The number of nitrogens with one attached hydrogen (secondary N) is 2. The second kappa shape index (κ2) is 4.82. The van der Waals surface area contributed by atoms with Crippen molar-refractivity contribution >= 4 is 17.3 Å². The quantitative estimate of drug-likeness (QED) is 0.848. The highest BCUT2D eigenvalue weighted by Gasteiger charge is 2.01. The van der Waals surface area contributed by atoms with Crippen molar-refractivity contribution in [2.24, 2.45) is 0 Å². The summed E-state index contributed by atoms with van der Waals surface area (Å²) in [6, 6.07) is 6.26. The number of rotatable bonds is 3. The number of anilines is 3. The third kappa shape index (κ3) is 2.72. The Hall–Kier alpha value is -2.10. The average molecular weight is 228 g/mol. The van der Waals surface area contributed by atoms with E-state index in [-0.39, 0.29) is 0 Å². The van der Waals surface area contributed by atoms with E-state index in [4.69, 9.17) is 0 Å². The van der Waals surface area contributed by atoms with Gasteiger partial charge in [0.05, 0.1) is 12.4 Å². The number of aromatic nitrogens is 2. The highest BCUT2D eigenvalue weighted by atomic mass is 15.1. The van der Waals surface area contributed by atoms with Gasteiger partial charge in [-0.3, -0.25) is 4.98 Å². The molecule has 4 nitrogen and oxygen atoms in total. The lowest BCUT2D eigenvalue weighted by Crippen LogP contribution is -2.00. The molecule has 0 saturated carbocycles. The summed E-state index contributed by atoms with van der Waals surface area (Å²) in [5.74, 6) is 1.49. The molecule has 0 aliphatic heterocycles. The smallest absolute Gasteiger partial charge is 0.151 e. The summed E-state index contributed by atoms with van der Waals surface area (Å²) < 4.78 is 0. The van der Waals surface area contributed by atoms with Crippen molar-refractivity contribution < 1.29 is 0 Å². The maximum atomic E-state index is 4.37. The van der Waals surface area contributed by atoms with Crippen molar-refractivity contribution in [1.29, 1.82) is 0 Å². The Bertz CT molecular complexity index is 523. The van der Waals surface area contributed by atoms with Crippen molar-refractivity contribution in [3.8, 4) is 0 Å². The maximum absolute atomic E-state index is 4.37. The van der Waals surface area contributed by atoms with Crippen LogP contribution in [0.15, 0.2) is 30.6 Å². The third-order valence-electron chi connectivity index (χ3n) is 2.54. The first kappa shape index (κ1) is 11.4. The Morgan fingerprint density at radius 1 is 1.06 bits per heavy atom. The van der Waals surface area contributed by atoms with Gasteiger partial charge in [-0.1, -0.05) is 17.7 Å². The fourth-order valence-electron chi connectivity index (χ4n) is 1.64. The first-order valence-electron chi connectivity index (χ1n) is 5.53. The average Bonchev–Trinajstić information content (AvgIpc) is 2.33. The Kier molecular flexibility index (Phi) is 3.23. The normalized spacial score (nSPS) is 10.1. The first-order chi connectivity index (χ1) is 8.19. The van der Waals surface area contributed by atoms with Crippen molar-refractivity contribution in [1.82, 2.24) is 9.97 Å². The van der Waals surface area contributed by atoms with Crippen LogP contribution < -0.4 is 10.6 Å². The van der Waals surface area contributed by atoms with Crippen molar-refractivity contribution in [3.05, 3.63) is 41.7 Å². The van der Waals surface area contributed by atoms with Gasteiger partial charge in [-0.2, -0.15) is 0 Å². The van der Waals surface area contributed by atoms with Crippen molar-refractivity contribution in [3.63, 3.8) is 0 Å². The maximum Gasteiger partial charge on any atom is 0.151 e. The van der Waals surface area contributed by atoms with Crippen LogP contribution in [0.5, 0.6) is 0 Å². The second-order valence-corrected chi connectivity index (χ2v) is 3.98. The molecular weight excluding hydrogens is 212 g/mol. The summed E-state index contributed by atoms with van der Waals surface area (Å²) in [7, 11) is 1.82. The molecule has 2 rings (SSSR count). The fourth-order valence-corrected chi connectivity index (χ4v) is 1.64. The molecule has 1 aromatic heterocycles. The minimum Gasteiger partial charge on any atom is -0.372 e. The van der Waals surface area contributed by atoms with Crippen molar-refractivity contribution in [2.45, 2.75) is 13.8 Å². The second-order valence-electron chi connectivity index (χ2n) is 3.98. The molecule has 0 atom stereocenters. The van der Waals surface area contributed by atoms with Crippen molar-refractivity contribution in [2.75, 3.05) is 17.7 Å². The van der Waals surface area contributed by atoms with Crippen LogP contribution in [0.2, 0.25) is 0 Å². The van der Waals surface area contributed by atoms with E-state index in [9.17, 15) is 0 Å². The van der Waals surface area contributed by atoms with E-state index in [1.165, 1.54) is 11.1 Å². The topological polar surface area (TPSA) is 49.8 Å². The predicted molar refractivity (Wildman–Crippen MR) is 70.8 cm³/mol. The Balaban J connectivity index is 2.25. The number of hydrogen-bond acceptors (Lipinski definition) is 4. The lowest BCUT2D eigenvalue weighted by molar-refractivity contribution is 1.18. The van der Waals surface area contributed by atoms with Gasteiger partial charge in [0, 0.05) is 12.7 Å². The Morgan fingerprint density at radius 2 is 1.82 bits per heavy atom. The van der Waals surface area contributed by atoms with E-state index in [0.717, 1.165) is 17.3 Å². The zero-order valence-electron chi connectivity index (χ0n) is 10.3. The van der Waals surface area contributed by atoms with Gasteiger partial charge >= 0.3 is 0 Å². The Labute approximate surface area is 101 Å². The van der Waals surface area contributed by atoms with E-state index >= 15 is 0 Å². The summed E-state index contributed by atoms with van der Waals surface area (Å²) in [5, 5.41) is 6.22. The van der Waals surface area contributed by atoms with Crippen LogP contribution in [-0.4, -0.2) is 17.0 Å². The molecule has 0 aliphatic carbocycles. The lowest BCUT2D eigenvalue weighted by Gasteiger charge is -2.10. The molecule has 2 aromatic rings. The molecule has 0 aliphatic rings. The van der Waals surface area contributed by atoms with E-state index in [2.05, 4.69) is 52.6 Å². The summed E-state index contributed by atoms with van der Waals surface area (Å²) in [6.45, 7) is 4.16. The Morgan fingerprint density at radius 3 is 2.53 bits per heavy atom. The molecule has 17 heavy (non-hydrogen) atoms. The van der Waals surface area contributed by atoms with E-state index in [1.807, 2.05) is 7.05 Å². The SMILES string of the molecule is CNc1cncc(Nc2ccc(C)cc2C)n1. The molecule has 0 saturated heterocycles. The van der Waals surface area contributed by atoms with Gasteiger partial charge in [-0.15, -0.1) is 0 Å². The molecule has 0 amide bonds. The highest BCUT2D eigenvalue weighted by molar-refractivity contribution is 5.61. The molecule has 0 spiro atoms. The van der Waals surface area contributed by atoms with E-state index < -0.39 is 0 Å². The molecule has 0 radical (unpaired) electrons. The summed E-state index contributed by atoms with van der Waals surface area (Å²) in [4.78, 5) is 8.48. The van der Waals surface area contributed by atoms with Gasteiger partial charge in [-0.05, 0) is 25.5 Å². The molecule has 88 valence electrons. The molecule has 0 bridgehead atoms. The van der Waals surface area contributed by atoms with Gasteiger partial charge in [0.2, 0.25) is 0 Å². The van der Waals surface area contributed by atoms with Crippen LogP contribution in [0.25, 0.3) is 0 Å². The van der Waals surface area contributed by atoms with Crippen LogP contribution in [0.3, 0.4) is 0 Å². The molecule has 4 heteroatoms. The van der Waals surface area contributed by atoms with Crippen LogP contribution in [0.4, 0.5) is 17.3 Å². The van der Waals surface area contributed by atoms with Gasteiger partial charge in [-0.25, -0.2) is 4.98 Å². The molecule has 0 unspecified atom stereocenters. The van der Waals surface area contributed by atoms with Gasteiger partial charge in [0.15, 0.2) is 5.82 Å². The first-order valence-corrected chi connectivity index (χ1v) is 5.53. The lowest BCUT2D eigenvalue weighted by atomic mass is 10.1. The van der Waals surface area contributed by atoms with Gasteiger partial charge in [0.25, 0.3) is 0 Å². The number of benzene rings is 1. The largest absolute Gasteiger partial charge is 0.372 e. The minimum atomic E-state index is 0.740. The minimum absolute atomic E-state index is 0.740. The molecule has 1 aromatic carbocycles. The predicted octanol–water partition coefficient (Wildman–Crippen LogP) is 2.88. The number of aryl methyl sites for hydroxylation is 2. The zero-order valence-corrected chi connectivity index (χ0v) is 10.3. The summed E-state index contributed by atoms with van der Waals surface area (Å²) in [5.41, 5.74) is 3.50. The summed E-state index contributed by atoms with van der Waals surface area (Å²) >= 11 is 0. The van der Waals surface area contributed by atoms with Crippen LogP contribution in [0.1, 0.15) is 11.1 Å². The number of hydrogen-bond donors (Lipinski definition) is 2. The monoisotopic (exact) mass is 228 g/mol. The standard InChI is InChI=1S/C13H16N4/c1-9-4-5-11(10(2)6-9)16-13-8-15-7-12(14-3)17-13/h4-8H,1-3H3,(H2,14,16,17).